The van der Waals surface area contributed by atoms with E-state index in [4.69, 9.17) is 4.74 Å². The fourth-order valence-corrected chi connectivity index (χ4v) is 5.43. The number of hydrogen-bond acceptors (Lipinski definition) is 4. The maximum atomic E-state index is 13.8. The van der Waals surface area contributed by atoms with Gasteiger partial charge >= 0.3 is 5.97 Å². The maximum absolute atomic E-state index is 13.8. The lowest BCUT2D eigenvalue weighted by atomic mass is 9.96. The summed E-state index contributed by atoms with van der Waals surface area (Å²) in [4.78, 5) is 27.1. The highest BCUT2D eigenvalue weighted by Gasteiger charge is 2.30. The van der Waals surface area contributed by atoms with Crippen molar-refractivity contribution in [3.63, 3.8) is 0 Å². The molecule has 0 spiro atoms. The number of hydrogen-bond donors (Lipinski definition) is 1. The zero-order valence-corrected chi connectivity index (χ0v) is 17.3. The van der Waals surface area contributed by atoms with Crippen molar-refractivity contribution in [2.45, 2.75) is 46.1 Å². The Balaban J connectivity index is 1.97. The molecule has 0 saturated heterocycles. The fraction of sp³-hybridized carbons (Fsp3) is 0.364. The molecule has 2 heterocycles. The quantitative estimate of drug-likeness (QED) is 0.604. The number of thiophene rings is 1. The molecular weight excluding hydrogens is 391 g/mol. The minimum absolute atomic E-state index is 0.231. The van der Waals surface area contributed by atoms with E-state index in [0.717, 1.165) is 41.5 Å². The fourth-order valence-electron chi connectivity index (χ4n) is 4.03. The number of ether oxygens (including phenoxy) is 1. The number of esters is 1. The summed E-state index contributed by atoms with van der Waals surface area (Å²) >= 11 is 1.66. The Morgan fingerprint density at radius 1 is 1.28 bits per heavy atom. The zero-order valence-electron chi connectivity index (χ0n) is 16.5. The average molecular weight is 415 g/mol. The van der Waals surface area contributed by atoms with Gasteiger partial charge in [0.05, 0.1) is 12.3 Å². The van der Waals surface area contributed by atoms with Crippen LogP contribution in [0.1, 0.15) is 53.2 Å². The number of aryl methyl sites for hydroxylation is 2. The SMILES string of the molecule is CCOC(=O)c1c(NC(C)=O)c2c3c(sc2n1Cc1cccc(F)c1)CCCC3. The summed E-state index contributed by atoms with van der Waals surface area (Å²) in [6.07, 6.45) is 4.15. The van der Waals surface area contributed by atoms with Crippen LogP contribution in [0.5, 0.6) is 0 Å². The van der Waals surface area contributed by atoms with E-state index < -0.39 is 5.97 Å². The molecule has 4 rings (SSSR count). The number of nitrogens with one attached hydrogen (secondary N) is 1. The van der Waals surface area contributed by atoms with Crippen LogP contribution in [0.15, 0.2) is 24.3 Å². The second-order valence-electron chi connectivity index (χ2n) is 7.23. The van der Waals surface area contributed by atoms with E-state index in [1.165, 1.54) is 29.5 Å². The third kappa shape index (κ3) is 3.67. The number of fused-ring (bicyclic) bond motifs is 3. The van der Waals surface area contributed by atoms with Crippen molar-refractivity contribution in [1.82, 2.24) is 4.57 Å². The number of carbonyl (C=O) groups excluding carboxylic acids is 2. The number of carbonyl (C=O) groups is 2. The lowest BCUT2D eigenvalue weighted by molar-refractivity contribution is -0.114. The third-order valence-electron chi connectivity index (χ3n) is 5.15. The highest BCUT2D eigenvalue weighted by molar-refractivity contribution is 7.19. The van der Waals surface area contributed by atoms with Crippen molar-refractivity contribution in [3.8, 4) is 0 Å². The smallest absolute Gasteiger partial charge is 0.357 e. The van der Waals surface area contributed by atoms with Crippen LogP contribution >= 0.6 is 11.3 Å². The van der Waals surface area contributed by atoms with Crippen LogP contribution in [0.25, 0.3) is 10.2 Å². The topological polar surface area (TPSA) is 60.3 Å². The summed E-state index contributed by atoms with van der Waals surface area (Å²) in [6.45, 7) is 3.74. The van der Waals surface area contributed by atoms with E-state index in [9.17, 15) is 14.0 Å². The summed E-state index contributed by atoms with van der Waals surface area (Å²) < 4.78 is 21.0. The molecule has 29 heavy (non-hydrogen) atoms. The Morgan fingerprint density at radius 3 is 2.79 bits per heavy atom. The molecule has 7 heteroatoms. The molecule has 1 aliphatic carbocycles. The van der Waals surface area contributed by atoms with Crippen LogP contribution < -0.4 is 5.32 Å². The molecule has 0 unspecified atom stereocenters. The number of halogens is 1. The van der Waals surface area contributed by atoms with Crippen LogP contribution in [0, 0.1) is 5.82 Å². The maximum Gasteiger partial charge on any atom is 0.357 e. The number of amides is 1. The van der Waals surface area contributed by atoms with Crippen LogP contribution in [0.2, 0.25) is 0 Å². The Hall–Kier alpha value is -2.67. The Morgan fingerprint density at radius 2 is 2.07 bits per heavy atom. The molecule has 1 aliphatic rings. The van der Waals surface area contributed by atoms with E-state index >= 15 is 0 Å². The molecule has 5 nitrogen and oxygen atoms in total. The second-order valence-corrected chi connectivity index (χ2v) is 8.32. The van der Waals surface area contributed by atoms with Gasteiger partial charge in [-0.15, -0.1) is 11.3 Å². The summed E-state index contributed by atoms with van der Waals surface area (Å²) in [5.74, 6) is -1.05. The van der Waals surface area contributed by atoms with Gasteiger partial charge in [0.2, 0.25) is 5.91 Å². The molecular formula is C22H23FN2O3S. The van der Waals surface area contributed by atoms with Crippen molar-refractivity contribution < 1.29 is 18.7 Å². The van der Waals surface area contributed by atoms with Gasteiger partial charge in [0, 0.05) is 23.7 Å². The number of aromatic nitrogens is 1. The van der Waals surface area contributed by atoms with E-state index in [-0.39, 0.29) is 18.3 Å². The lowest BCUT2D eigenvalue weighted by Crippen LogP contribution is -2.17. The first-order valence-electron chi connectivity index (χ1n) is 9.85. The number of benzene rings is 1. The molecule has 1 aromatic carbocycles. The van der Waals surface area contributed by atoms with E-state index in [1.54, 1.807) is 24.3 Å². The number of nitrogens with zero attached hydrogens (tertiary/aromatic N) is 1. The lowest BCUT2D eigenvalue weighted by Gasteiger charge is -2.14. The molecule has 0 fully saturated rings. The molecule has 3 aromatic rings. The molecule has 0 radical (unpaired) electrons. The third-order valence-corrected chi connectivity index (χ3v) is 6.47. The minimum atomic E-state index is -0.486. The predicted molar refractivity (Wildman–Crippen MR) is 112 cm³/mol. The standard InChI is InChI=1S/C22H23FN2O3S/c1-3-28-22(27)20-19(24-13(2)26)18-16-9-4-5-10-17(16)29-21(18)25(20)12-14-7-6-8-15(23)11-14/h6-8,11H,3-5,9-10,12H2,1-2H3,(H,24,26). The van der Waals surface area contributed by atoms with Crippen LogP contribution in [-0.2, 0) is 28.9 Å². The van der Waals surface area contributed by atoms with Gasteiger partial charge in [-0.05, 0) is 55.9 Å². The van der Waals surface area contributed by atoms with Crippen molar-refractivity contribution in [1.29, 1.82) is 0 Å². The molecule has 0 bridgehead atoms. The number of rotatable bonds is 5. The van der Waals surface area contributed by atoms with Gasteiger partial charge in [-0.2, -0.15) is 0 Å². The number of anilines is 1. The molecule has 0 saturated carbocycles. The first-order chi connectivity index (χ1) is 14.0. The van der Waals surface area contributed by atoms with Gasteiger partial charge in [-0.3, -0.25) is 4.79 Å². The average Bonchev–Trinajstić information content (AvgIpc) is 3.18. The van der Waals surface area contributed by atoms with Gasteiger partial charge in [0.25, 0.3) is 0 Å². The minimum Gasteiger partial charge on any atom is -0.461 e. The van der Waals surface area contributed by atoms with Gasteiger partial charge in [0.15, 0.2) is 5.69 Å². The Labute approximate surface area is 172 Å². The molecule has 152 valence electrons. The van der Waals surface area contributed by atoms with Crippen molar-refractivity contribution in [2.75, 3.05) is 11.9 Å². The predicted octanol–water partition coefficient (Wildman–Crippen LogP) is 4.90. The van der Waals surface area contributed by atoms with E-state index in [1.807, 2.05) is 10.6 Å². The van der Waals surface area contributed by atoms with Crippen molar-refractivity contribution >= 4 is 39.1 Å². The summed E-state index contributed by atoms with van der Waals surface area (Å²) in [5, 5.41) is 3.81. The summed E-state index contributed by atoms with van der Waals surface area (Å²) in [6, 6.07) is 6.35. The zero-order chi connectivity index (χ0) is 20.5. The first kappa shape index (κ1) is 19.6. The normalized spacial score (nSPS) is 13.3. The van der Waals surface area contributed by atoms with Crippen molar-refractivity contribution in [2.24, 2.45) is 0 Å². The molecule has 0 atom stereocenters. The Kier molecular flexibility index (Phi) is 5.41. The first-order valence-corrected chi connectivity index (χ1v) is 10.7. The monoisotopic (exact) mass is 414 g/mol. The summed E-state index contributed by atoms with van der Waals surface area (Å²) in [7, 11) is 0. The molecule has 0 aliphatic heterocycles. The van der Waals surface area contributed by atoms with E-state index in [0.29, 0.717) is 17.9 Å². The van der Waals surface area contributed by atoms with Gasteiger partial charge in [-0.25, -0.2) is 9.18 Å². The largest absolute Gasteiger partial charge is 0.461 e. The Bertz CT molecular complexity index is 1100. The van der Waals surface area contributed by atoms with Gasteiger partial charge in [0.1, 0.15) is 10.6 Å². The van der Waals surface area contributed by atoms with Gasteiger partial charge in [-0.1, -0.05) is 12.1 Å². The second kappa shape index (κ2) is 7.99. The molecule has 1 amide bonds. The van der Waals surface area contributed by atoms with E-state index in [2.05, 4.69) is 5.32 Å². The van der Waals surface area contributed by atoms with Crippen LogP contribution in [0.3, 0.4) is 0 Å². The summed E-state index contributed by atoms with van der Waals surface area (Å²) in [5.41, 5.74) is 2.79. The van der Waals surface area contributed by atoms with Crippen LogP contribution in [0.4, 0.5) is 10.1 Å². The van der Waals surface area contributed by atoms with Crippen molar-refractivity contribution in [3.05, 3.63) is 51.8 Å². The molecule has 2 aromatic heterocycles. The van der Waals surface area contributed by atoms with Crippen LogP contribution in [-0.4, -0.2) is 23.1 Å². The van der Waals surface area contributed by atoms with Gasteiger partial charge < -0.3 is 14.6 Å². The highest BCUT2D eigenvalue weighted by atomic mass is 32.1. The highest BCUT2D eigenvalue weighted by Crippen LogP contribution is 2.44. The molecule has 1 N–H and O–H groups in total.